The number of nitrogens with one attached hydrogen (secondary N) is 2. The third-order valence-electron chi connectivity index (χ3n) is 4.44. The van der Waals surface area contributed by atoms with Crippen molar-refractivity contribution in [3.8, 4) is 5.75 Å². The number of methoxy groups -OCH3 is 1. The van der Waals surface area contributed by atoms with Crippen molar-refractivity contribution < 1.29 is 19.2 Å². The highest BCUT2D eigenvalue weighted by Crippen LogP contribution is 2.25. The standard InChI is InChI=1S/C23H17Br2N3O5/c1-33-21-11-8-15(24)13-17(21)22(29)27-20(12-14-6-9-16(10-7-14)28(31)32)23(30)26-19-5-3-2-4-18(19)25/h2-13H,1H3,(H,26,30)(H,27,29). The van der Waals surface area contributed by atoms with Crippen LogP contribution in [0.5, 0.6) is 5.75 Å². The van der Waals surface area contributed by atoms with E-state index >= 15 is 0 Å². The molecule has 2 N–H and O–H groups in total. The van der Waals surface area contributed by atoms with Crippen molar-refractivity contribution in [2.75, 3.05) is 12.4 Å². The molecule has 0 aliphatic rings. The lowest BCUT2D eigenvalue weighted by Gasteiger charge is -2.14. The third-order valence-corrected chi connectivity index (χ3v) is 5.62. The Bertz CT molecular complexity index is 1240. The summed E-state index contributed by atoms with van der Waals surface area (Å²) in [7, 11) is 1.44. The van der Waals surface area contributed by atoms with Gasteiger partial charge in [0.05, 0.1) is 23.3 Å². The summed E-state index contributed by atoms with van der Waals surface area (Å²) in [6, 6.07) is 17.5. The second kappa shape index (κ2) is 10.9. The minimum Gasteiger partial charge on any atom is -0.496 e. The topological polar surface area (TPSA) is 111 Å². The number of ether oxygens (including phenoxy) is 1. The van der Waals surface area contributed by atoms with E-state index in [9.17, 15) is 19.7 Å². The van der Waals surface area contributed by atoms with Crippen LogP contribution in [0.4, 0.5) is 11.4 Å². The second-order valence-electron chi connectivity index (χ2n) is 6.64. The zero-order valence-electron chi connectivity index (χ0n) is 17.2. The van der Waals surface area contributed by atoms with E-state index in [0.717, 1.165) is 0 Å². The molecule has 0 radical (unpaired) electrons. The molecule has 0 spiro atoms. The number of hydrogen-bond donors (Lipinski definition) is 2. The number of halogens is 2. The molecular formula is C23H17Br2N3O5. The molecule has 0 saturated heterocycles. The first-order valence-corrected chi connectivity index (χ1v) is 11.0. The quantitative estimate of drug-likeness (QED) is 0.219. The molecular weight excluding hydrogens is 558 g/mol. The monoisotopic (exact) mass is 573 g/mol. The van der Waals surface area contributed by atoms with Crippen molar-refractivity contribution in [3.63, 3.8) is 0 Å². The molecule has 0 fully saturated rings. The van der Waals surface area contributed by atoms with Gasteiger partial charge in [-0.15, -0.1) is 0 Å². The number of anilines is 1. The van der Waals surface area contributed by atoms with Crippen LogP contribution in [0.15, 0.2) is 81.4 Å². The summed E-state index contributed by atoms with van der Waals surface area (Å²) in [5.74, 6) is -0.817. The first-order chi connectivity index (χ1) is 15.8. The highest BCUT2D eigenvalue weighted by atomic mass is 79.9. The van der Waals surface area contributed by atoms with Crippen LogP contribution >= 0.6 is 31.9 Å². The molecule has 0 aliphatic carbocycles. The number of carbonyl (C=O) groups is 2. The van der Waals surface area contributed by atoms with Crippen LogP contribution in [-0.2, 0) is 4.79 Å². The average molecular weight is 575 g/mol. The van der Waals surface area contributed by atoms with Crippen LogP contribution in [0, 0.1) is 10.1 Å². The van der Waals surface area contributed by atoms with E-state index in [4.69, 9.17) is 4.74 Å². The number of non-ortho nitro benzene ring substituents is 1. The molecule has 0 heterocycles. The maximum atomic E-state index is 13.1. The van der Waals surface area contributed by atoms with Crippen molar-refractivity contribution in [1.29, 1.82) is 0 Å². The average Bonchev–Trinajstić information content (AvgIpc) is 2.80. The number of rotatable bonds is 7. The first kappa shape index (κ1) is 24.1. The Morgan fingerprint density at radius 3 is 2.36 bits per heavy atom. The van der Waals surface area contributed by atoms with Gasteiger partial charge in [0.25, 0.3) is 17.5 Å². The largest absolute Gasteiger partial charge is 0.496 e. The van der Waals surface area contributed by atoms with Gasteiger partial charge in [-0.2, -0.15) is 0 Å². The summed E-state index contributed by atoms with van der Waals surface area (Å²) >= 11 is 6.69. The van der Waals surface area contributed by atoms with Crippen LogP contribution < -0.4 is 15.4 Å². The summed E-state index contributed by atoms with van der Waals surface area (Å²) in [5, 5.41) is 16.3. The SMILES string of the molecule is COc1ccc(Br)cc1C(=O)NC(=Cc1ccc([N+](=O)[O-])cc1)C(=O)Nc1ccccc1Br. The van der Waals surface area contributed by atoms with Gasteiger partial charge in [0.15, 0.2) is 0 Å². The maximum absolute atomic E-state index is 13.1. The minimum atomic E-state index is -0.581. The molecule has 0 aromatic heterocycles. The number of carbonyl (C=O) groups excluding carboxylic acids is 2. The Kier molecular flexibility index (Phi) is 7.96. The summed E-state index contributed by atoms with van der Waals surface area (Å²) in [4.78, 5) is 36.5. The van der Waals surface area contributed by atoms with Crippen molar-refractivity contribution in [2.45, 2.75) is 0 Å². The van der Waals surface area contributed by atoms with Crippen LogP contribution in [0.3, 0.4) is 0 Å². The predicted octanol–water partition coefficient (Wildman–Crippen LogP) is 5.54. The maximum Gasteiger partial charge on any atom is 0.272 e. The predicted molar refractivity (Wildman–Crippen MR) is 132 cm³/mol. The van der Waals surface area contributed by atoms with Crippen molar-refractivity contribution in [2.24, 2.45) is 0 Å². The van der Waals surface area contributed by atoms with Gasteiger partial charge >= 0.3 is 0 Å². The lowest BCUT2D eigenvalue weighted by atomic mass is 10.1. The third kappa shape index (κ3) is 6.27. The fourth-order valence-electron chi connectivity index (χ4n) is 2.82. The number of hydrogen-bond acceptors (Lipinski definition) is 5. The molecule has 8 nitrogen and oxygen atoms in total. The highest BCUT2D eigenvalue weighted by Gasteiger charge is 2.19. The molecule has 3 aromatic rings. The smallest absolute Gasteiger partial charge is 0.272 e. The minimum absolute atomic E-state index is 0.0633. The lowest BCUT2D eigenvalue weighted by molar-refractivity contribution is -0.384. The Labute approximate surface area is 206 Å². The molecule has 10 heteroatoms. The normalized spacial score (nSPS) is 10.9. The lowest BCUT2D eigenvalue weighted by Crippen LogP contribution is -2.31. The molecule has 3 aromatic carbocycles. The number of benzene rings is 3. The van der Waals surface area contributed by atoms with Gasteiger partial charge in [0.1, 0.15) is 11.4 Å². The van der Waals surface area contributed by atoms with Gasteiger partial charge in [0, 0.05) is 21.1 Å². The molecule has 0 saturated carbocycles. The molecule has 3 rings (SSSR count). The van der Waals surface area contributed by atoms with Crippen molar-refractivity contribution in [3.05, 3.63) is 103 Å². The molecule has 168 valence electrons. The molecule has 0 bridgehead atoms. The van der Waals surface area contributed by atoms with E-state index in [0.29, 0.717) is 25.9 Å². The summed E-state index contributed by atoms with van der Waals surface area (Å²) < 4.78 is 6.58. The van der Waals surface area contributed by atoms with Gasteiger partial charge in [0.2, 0.25) is 0 Å². The first-order valence-electron chi connectivity index (χ1n) is 9.45. The second-order valence-corrected chi connectivity index (χ2v) is 8.41. The van der Waals surface area contributed by atoms with Crippen LogP contribution in [0.2, 0.25) is 0 Å². The summed E-state index contributed by atoms with van der Waals surface area (Å²) in [5.41, 5.74) is 1.06. The number of nitro benzene ring substituents is 1. The fraction of sp³-hybridized carbons (Fsp3) is 0.0435. The van der Waals surface area contributed by atoms with Gasteiger partial charge < -0.3 is 15.4 Å². The van der Waals surface area contributed by atoms with Gasteiger partial charge in [-0.1, -0.05) is 28.1 Å². The van der Waals surface area contributed by atoms with Crippen LogP contribution in [0.1, 0.15) is 15.9 Å². The Balaban J connectivity index is 1.96. The molecule has 33 heavy (non-hydrogen) atoms. The zero-order chi connectivity index (χ0) is 24.0. The van der Waals surface area contributed by atoms with E-state index in [1.807, 2.05) is 0 Å². The van der Waals surface area contributed by atoms with Crippen molar-refractivity contribution >= 4 is 61.1 Å². The molecule has 0 aliphatic heterocycles. The van der Waals surface area contributed by atoms with Gasteiger partial charge in [-0.25, -0.2) is 0 Å². The van der Waals surface area contributed by atoms with Crippen LogP contribution in [0.25, 0.3) is 6.08 Å². The highest BCUT2D eigenvalue weighted by molar-refractivity contribution is 9.10. The van der Waals surface area contributed by atoms with E-state index in [-0.39, 0.29) is 16.9 Å². The number of para-hydroxylation sites is 1. The van der Waals surface area contributed by atoms with Crippen LogP contribution in [-0.4, -0.2) is 23.8 Å². The van der Waals surface area contributed by atoms with E-state index in [2.05, 4.69) is 42.5 Å². The number of nitrogens with zero attached hydrogens (tertiary/aromatic N) is 1. The Morgan fingerprint density at radius 1 is 1.03 bits per heavy atom. The van der Waals surface area contributed by atoms with Crippen molar-refractivity contribution in [1.82, 2.24) is 5.32 Å². The fourth-order valence-corrected chi connectivity index (χ4v) is 3.56. The summed E-state index contributed by atoms with van der Waals surface area (Å²) in [6.45, 7) is 0. The zero-order valence-corrected chi connectivity index (χ0v) is 20.3. The van der Waals surface area contributed by atoms with Gasteiger partial charge in [-0.3, -0.25) is 19.7 Å². The van der Waals surface area contributed by atoms with E-state index < -0.39 is 16.7 Å². The summed E-state index contributed by atoms with van der Waals surface area (Å²) in [6.07, 6.45) is 1.43. The van der Waals surface area contributed by atoms with E-state index in [1.54, 1.807) is 42.5 Å². The van der Waals surface area contributed by atoms with Gasteiger partial charge in [-0.05, 0) is 70.0 Å². The van der Waals surface area contributed by atoms with E-state index in [1.165, 1.54) is 37.5 Å². The molecule has 0 atom stereocenters. The molecule has 0 unspecified atom stereocenters. The Hall–Kier alpha value is -3.50. The number of nitro groups is 1. The molecule has 2 amide bonds. The number of amides is 2. The Morgan fingerprint density at radius 2 is 1.73 bits per heavy atom.